The summed E-state index contributed by atoms with van der Waals surface area (Å²) in [5.41, 5.74) is 2.28. The maximum absolute atomic E-state index is 13.9. The summed E-state index contributed by atoms with van der Waals surface area (Å²) in [4.78, 5) is 20.7. The molecular formula is C27H26N2O2S2. The van der Waals surface area contributed by atoms with E-state index in [2.05, 4.69) is 31.2 Å². The first-order valence-electron chi connectivity index (χ1n) is 11.4. The van der Waals surface area contributed by atoms with Crippen molar-refractivity contribution in [2.45, 2.75) is 45.6 Å². The molecule has 0 amide bonds. The molecule has 0 spiro atoms. The fourth-order valence-electron chi connectivity index (χ4n) is 4.28. The van der Waals surface area contributed by atoms with Gasteiger partial charge in [-0.3, -0.25) is 9.36 Å². The number of thiophene rings is 2. The third kappa shape index (κ3) is 4.45. The van der Waals surface area contributed by atoms with Crippen LogP contribution in [0.1, 0.15) is 41.6 Å². The lowest BCUT2D eigenvalue weighted by atomic mass is 10.0. The van der Waals surface area contributed by atoms with Gasteiger partial charge >= 0.3 is 0 Å². The smallest absolute Gasteiger partial charge is 0.263 e. The second-order valence-corrected chi connectivity index (χ2v) is 10.4. The molecule has 0 saturated carbocycles. The molecule has 0 fully saturated rings. The molecule has 168 valence electrons. The van der Waals surface area contributed by atoms with Crippen molar-refractivity contribution >= 4 is 43.0 Å². The second-order valence-electron chi connectivity index (χ2n) is 8.36. The van der Waals surface area contributed by atoms with Crippen LogP contribution in [0.5, 0.6) is 5.75 Å². The molecule has 6 heteroatoms. The summed E-state index contributed by atoms with van der Waals surface area (Å²) in [6, 6.07) is 18.3. The Bertz CT molecular complexity index is 1450. The third-order valence-corrected chi connectivity index (χ3v) is 7.99. The number of hydrogen-bond acceptors (Lipinski definition) is 5. The van der Waals surface area contributed by atoms with Crippen LogP contribution in [0.2, 0.25) is 0 Å². The number of aryl methyl sites for hydroxylation is 3. The van der Waals surface area contributed by atoms with E-state index in [0.29, 0.717) is 23.2 Å². The Labute approximate surface area is 200 Å². The first-order valence-corrected chi connectivity index (χ1v) is 13.1. The third-order valence-electron chi connectivity index (χ3n) is 6.01. The number of aromatic hydroxyl groups is 1. The summed E-state index contributed by atoms with van der Waals surface area (Å²) in [5.74, 6) is 1.04. The zero-order valence-corrected chi connectivity index (χ0v) is 20.2. The molecule has 5 rings (SSSR count). The quantitative estimate of drug-likeness (QED) is 0.277. The number of rotatable bonds is 8. The van der Waals surface area contributed by atoms with Crippen LogP contribution in [0.25, 0.3) is 20.3 Å². The molecule has 5 aromatic rings. The molecule has 0 aliphatic rings. The average molecular weight is 475 g/mol. The molecule has 0 unspecified atom stereocenters. The highest BCUT2D eigenvalue weighted by Gasteiger charge is 2.19. The SMILES string of the molecule is CCCCc1cc(O)c2sc3nc(CCc4ccccc4)n(Cc4cccs4)c(=O)c3c2c1. The second kappa shape index (κ2) is 9.49. The van der Waals surface area contributed by atoms with Gasteiger partial charge in [-0.05, 0) is 54.0 Å². The van der Waals surface area contributed by atoms with Crippen LogP contribution in [-0.2, 0) is 25.8 Å². The van der Waals surface area contributed by atoms with E-state index in [4.69, 9.17) is 4.98 Å². The van der Waals surface area contributed by atoms with Gasteiger partial charge in [0.05, 0.1) is 16.6 Å². The molecule has 0 saturated heterocycles. The zero-order chi connectivity index (χ0) is 22.8. The van der Waals surface area contributed by atoms with E-state index < -0.39 is 0 Å². The van der Waals surface area contributed by atoms with E-state index >= 15 is 0 Å². The van der Waals surface area contributed by atoms with Gasteiger partial charge in [0.15, 0.2) is 0 Å². The van der Waals surface area contributed by atoms with Gasteiger partial charge in [-0.25, -0.2) is 4.98 Å². The number of phenols is 1. The molecular weight excluding hydrogens is 448 g/mol. The number of benzene rings is 2. The van der Waals surface area contributed by atoms with Gasteiger partial charge < -0.3 is 5.11 Å². The topological polar surface area (TPSA) is 55.1 Å². The fraction of sp³-hybridized carbons (Fsp3) is 0.259. The zero-order valence-electron chi connectivity index (χ0n) is 18.6. The maximum Gasteiger partial charge on any atom is 0.263 e. The Kier molecular flexibility index (Phi) is 6.29. The number of aromatic nitrogens is 2. The monoisotopic (exact) mass is 474 g/mol. The molecule has 0 aliphatic heterocycles. The summed E-state index contributed by atoms with van der Waals surface area (Å²) in [5, 5.41) is 14.2. The largest absolute Gasteiger partial charge is 0.506 e. The normalized spacial score (nSPS) is 11.5. The van der Waals surface area contributed by atoms with Gasteiger partial charge in [0, 0.05) is 16.7 Å². The van der Waals surface area contributed by atoms with Crippen LogP contribution < -0.4 is 5.56 Å². The number of nitrogens with zero attached hydrogens (tertiary/aromatic N) is 2. The van der Waals surface area contributed by atoms with Gasteiger partial charge in [-0.2, -0.15) is 0 Å². The van der Waals surface area contributed by atoms with Gasteiger partial charge in [0.2, 0.25) is 0 Å². The molecule has 0 bridgehead atoms. The van der Waals surface area contributed by atoms with E-state index in [-0.39, 0.29) is 11.3 Å². The highest BCUT2D eigenvalue weighted by molar-refractivity contribution is 7.25. The Balaban J connectivity index is 1.65. The Hall–Kier alpha value is -2.96. The van der Waals surface area contributed by atoms with Crippen molar-refractivity contribution in [1.82, 2.24) is 9.55 Å². The molecule has 0 radical (unpaired) electrons. The van der Waals surface area contributed by atoms with Crippen molar-refractivity contribution in [3.05, 3.63) is 92.2 Å². The highest BCUT2D eigenvalue weighted by Crippen LogP contribution is 2.38. The molecule has 0 aliphatic carbocycles. The molecule has 1 N–H and O–H groups in total. The van der Waals surface area contributed by atoms with E-state index in [0.717, 1.165) is 52.0 Å². The summed E-state index contributed by atoms with van der Waals surface area (Å²) >= 11 is 3.07. The Morgan fingerprint density at radius 2 is 1.85 bits per heavy atom. The van der Waals surface area contributed by atoms with Crippen molar-refractivity contribution in [2.75, 3.05) is 0 Å². The van der Waals surface area contributed by atoms with Crippen molar-refractivity contribution in [3.8, 4) is 5.75 Å². The molecule has 4 nitrogen and oxygen atoms in total. The molecule has 3 heterocycles. The van der Waals surface area contributed by atoms with Crippen LogP contribution >= 0.6 is 22.7 Å². The summed E-state index contributed by atoms with van der Waals surface area (Å²) in [6.07, 6.45) is 4.53. The van der Waals surface area contributed by atoms with Crippen LogP contribution in [0.3, 0.4) is 0 Å². The summed E-state index contributed by atoms with van der Waals surface area (Å²) in [6.45, 7) is 2.67. The minimum atomic E-state index is -0.0187. The predicted octanol–water partition coefficient (Wildman–Crippen LogP) is 6.55. The van der Waals surface area contributed by atoms with Crippen molar-refractivity contribution in [2.24, 2.45) is 0 Å². The average Bonchev–Trinajstić information content (AvgIpc) is 3.47. The van der Waals surface area contributed by atoms with Crippen molar-refractivity contribution in [1.29, 1.82) is 0 Å². The number of hydrogen-bond donors (Lipinski definition) is 1. The first kappa shape index (κ1) is 21.9. The highest BCUT2D eigenvalue weighted by atomic mass is 32.1. The molecule has 0 atom stereocenters. The minimum absolute atomic E-state index is 0.0187. The first-order chi connectivity index (χ1) is 16.1. The molecule has 3 aromatic heterocycles. The summed E-state index contributed by atoms with van der Waals surface area (Å²) < 4.78 is 2.58. The van der Waals surface area contributed by atoms with Crippen molar-refractivity contribution in [3.63, 3.8) is 0 Å². The van der Waals surface area contributed by atoms with Gasteiger partial charge in [0.25, 0.3) is 5.56 Å². The molecule has 2 aromatic carbocycles. The van der Waals surface area contributed by atoms with Crippen LogP contribution in [-0.4, -0.2) is 14.7 Å². The number of phenolic OH excluding ortho intramolecular Hbond substituents is 1. The van der Waals surface area contributed by atoms with Gasteiger partial charge in [-0.1, -0.05) is 49.7 Å². The number of fused-ring (bicyclic) bond motifs is 3. The van der Waals surface area contributed by atoms with Crippen LogP contribution in [0, 0.1) is 0 Å². The standard InChI is InChI=1S/C27H26N2O2S2/c1-2-3-8-19-15-21-24-26(33-25(21)22(30)16-19)28-23(13-12-18-9-5-4-6-10-18)29(27(24)31)17-20-11-7-14-32-20/h4-7,9-11,14-16,30H,2-3,8,12-13,17H2,1H3. The number of unbranched alkanes of at least 4 members (excludes halogenated alkanes) is 1. The van der Waals surface area contributed by atoms with Gasteiger partial charge in [0.1, 0.15) is 16.4 Å². The lowest BCUT2D eigenvalue weighted by Crippen LogP contribution is -2.25. The lowest BCUT2D eigenvalue weighted by Gasteiger charge is -2.12. The Morgan fingerprint density at radius 3 is 2.61 bits per heavy atom. The summed E-state index contributed by atoms with van der Waals surface area (Å²) in [7, 11) is 0. The van der Waals surface area contributed by atoms with Gasteiger partial charge in [-0.15, -0.1) is 22.7 Å². The fourth-order valence-corrected chi connectivity index (χ4v) is 6.05. The molecule has 33 heavy (non-hydrogen) atoms. The minimum Gasteiger partial charge on any atom is -0.506 e. The van der Waals surface area contributed by atoms with Crippen LogP contribution in [0.4, 0.5) is 0 Å². The van der Waals surface area contributed by atoms with E-state index in [9.17, 15) is 9.90 Å². The predicted molar refractivity (Wildman–Crippen MR) is 139 cm³/mol. The van der Waals surface area contributed by atoms with Crippen molar-refractivity contribution < 1.29 is 5.11 Å². The maximum atomic E-state index is 13.9. The Morgan fingerprint density at radius 1 is 1.00 bits per heavy atom. The van der Waals surface area contributed by atoms with E-state index in [1.807, 2.05) is 40.3 Å². The lowest BCUT2D eigenvalue weighted by molar-refractivity contribution is 0.481. The van der Waals surface area contributed by atoms with E-state index in [1.165, 1.54) is 16.9 Å². The van der Waals surface area contributed by atoms with Crippen LogP contribution in [0.15, 0.2) is 64.8 Å². The van der Waals surface area contributed by atoms with E-state index in [1.54, 1.807) is 11.3 Å².